The minimum absolute atomic E-state index is 0.260. The van der Waals surface area contributed by atoms with Crippen LogP contribution in [-0.2, 0) is 0 Å². The maximum absolute atomic E-state index is 6.30. The van der Waals surface area contributed by atoms with Crippen molar-refractivity contribution < 1.29 is 4.42 Å². The van der Waals surface area contributed by atoms with Gasteiger partial charge in [0.15, 0.2) is 0 Å². The molecule has 7 nitrogen and oxygen atoms in total. The fraction of sp³-hybridized carbons (Fsp3) is 0.421. The third-order valence-electron chi connectivity index (χ3n) is 5.23. The van der Waals surface area contributed by atoms with Gasteiger partial charge in [-0.15, -0.1) is 0 Å². The summed E-state index contributed by atoms with van der Waals surface area (Å²) in [6.45, 7) is 3.86. The summed E-state index contributed by atoms with van der Waals surface area (Å²) in [5, 5.41) is 0. The molecule has 1 aromatic carbocycles. The molecule has 2 aromatic rings. The molecule has 0 unspecified atom stereocenters. The quantitative estimate of drug-likeness (QED) is 0.864. The molecule has 1 fully saturated rings. The number of rotatable bonds is 2. The summed E-state index contributed by atoms with van der Waals surface area (Å²) < 4.78 is 5.78. The number of anilines is 1. The van der Waals surface area contributed by atoms with Crippen LogP contribution in [-0.4, -0.2) is 22.6 Å². The first-order valence-electron chi connectivity index (χ1n) is 9.03. The number of nitrogens with zero attached hydrogens (tertiary/aromatic N) is 4. The van der Waals surface area contributed by atoms with E-state index in [1.807, 2.05) is 43.0 Å². The van der Waals surface area contributed by atoms with Crippen molar-refractivity contribution >= 4 is 17.6 Å². The van der Waals surface area contributed by atoms with Crippen LogP contribution in [0.25, 0.3) is 11.5 Å². The van der Waals surface area contributed by atoms with E-state index in [1.165, 1.54) is 6.42 Å². The minimum atomic E-state index is -0.449. The third-order valence-corrected chi connectivity index (χ3v) is 5.23. The average Bonchev–Trinajstić information content (AvgIpc) is 2.94. The van der Waals surface area contributed by atoms with E-state index in [0.29, 0.717) is 11.9 Å². The molecule has 4 rings (SSSR count). The maximum atomic E-state index is 6.30. The van der Waals surface area contributed by atoms with Crippen LogP contribution in [0, 0.1) is 13.8 Å². The first-order valence-corrected chi connectivity index (χ1v) is 9.03. The highest BCUT2D eigenvalue weighted by Gasteiger charge is 2.42. The Morgan fingerprint density at radius 1 is 1.12 bits per heavy atom. The van der Waals surface area contributed by atoms with Crippen molar-refractivity contribution in [3.63, 3.8) is 0 Å². The van der Waals surface area contributed by atoms with E-state index in [4.69, 9.17) is 20.9 Å². The maximum Gasteiger partial charge on any atom is 0.226 e. The van der Waals surface area contributed by atoms with Crippen LogP contribution < -0.4 is 16.4 Å². The molecule has 0 saturated heterocycles. The summed E-state index contributed by atoms with van der Waals surface area (Å²) in [7, 11) is 0. The number of hydrogen-bond acceptors (Lipinski definition) is 7. The third kappa shape index (κ3) is 2.73. The summed E-state index contributed by atoms with van der Waals surface area (Å²) in [5.74, 6) is 2.08. The number of guanidine groups is 2. The topological polar surface area (TPSA) is 106 Å². The Labute approximate surface area is 152 Å². The minimum Gasteiger partial charge on any atom is -0.441 e. The van der Waals surface area contributed by atoms with Crippen molar-refractivity contribution in [3.05, 3.63) is 35.7 Å². The van der Waals surface area contributed by atoms with Gasteiger partial charge in [0.25, 0.3) is 0 Å². The van der Waals surface area contributed by atoms with Gasteiger partial charge in [-0.1, -0.05) is 12.5 Å². The molecular formula is C19H24N6O. The number of oxazole rings is 1. The zero-order valence-electron chi connectivity index (χ0n) is 15.2. The number of nitrogens with two attached hydrogens (primary N) is 2. The molecule has 4 N–H and O–H groups in total. The molecule has 1 aliphatic carbocycles. The highest BCUT2D eigenvalue weighted by Crippen LogP contribution is 2.40. The molecule has 26 heavy (non-hydrogen) atoms. The zero-order chi connectivity index (χ0) is 18.3. The average molecular weight is 352 g/mol. The second kappa shape index (κ2) is 6.16. The Morgan fingerprint density at radius 2 is 1.88 bits per heavy atom. The summed E-state index contributed by atoms with van der Waals surface area (Å²) in [5.41, 5.74) is 14.5. The van der Waals surface area contributed by atoms with Gasteiger partial charge < -0.3 is 15.9 Å². The first-order chi connectivity index (χ1) is 12.5. The van der Waals surface area contributed by atoms with Gasteiger partial charge in [0.2, 0.25) is 17.8 Å². The lowest BCUT2D eigenvalue weighted by Gasteiger charge is -2.45. The summed E-state index contributed by atoms with van der Waals surface area (Å²) in [4.78, 5) is 15.5. The molecule has 1 aromatic heterocycles. The van der Waals surface area contributed by atoms with Crippen LogP contribution in [0.3, 0.4) is 0 Å². The number of benzene rings is 1. The van der Waals surface area contributed by atoms with E-state index < -0.39 is 5.66 Å². The summed E-state index contributed by atoms with van der Waals surface area (Å²) >= 11 is 0. The predicted molar refractivity (Wildman–Crippen MR) is 103 cm³/mol. The van der Waals surface area contributed by atoms with Gasteiger partial charge in [0.1, 0.15) is 11.4 Å². The molecule has 2 heterocycles. The molecule has 2 aliphatic rings. The van der Waals surface area contributed by atoms with E-state index >= 15 is 0 Å². The smallest absolute Gasteiger partial charge is 0.226 e. The molecular weight excluding hydrogens is 328 g/mol. The van der Waals surface area contributed by atoms with E-state index in [-0.39, 0.29) is 5.96 Å². The molecule has 0 bridgehead atoms. The molecule has 1 aliphatic heterocycles. The number of aromatic nitrogens is 1. The fourth-order valence-electron chi connectivity index (χ4n) is 3.87. The van der Waals surface area contributed by atoms with Gasteiger partial charge in [0, 0.05) is 11.3 Å². The van der Waals surface area contributed by atoms with Gasteiger partial charge in [-0.3, -0.25) is 4.90 Å². The zero-order valence-corrected chi connectivity index (χ0v) is 15.2. The summed E-state index contributed by atoms with van der Waals surface area (Å²) in [6, 6.07) is 8.00. The van der Waals surface area contributed by atoms with Gasteiger partial charge >= 0.3 is 0 Å². The van der Waals surface area contributed by atoms with Crippen molar-refractivity contribution in [2.24, 2.45) is 21.5 Å². The van der Waals surface area contributed by atoms with E-state index in [0.717, 1.165) is 48.4 Å². The second-order valence-electron chi connectivity index (χ2n) is 7.03. The SMILES string of the molecule is Cc1nc(-c2cccc(N3C(N)=NC(N)=NC34CCCCC4)c2)oc1C. The van der Waals surface area contributed by atoms with Crippen molar-refractivity contribution in [3.8, 4) is 11.5 Å². The predicted octanol–water partition coefficient (Wildman–Crippen LogP) is 3.07. The lowest BCUT2D eigenvalue weighted by molar-refractivity contribution is 0.305. The lowest BCUT2D eigenvalue weighted by Crippen LogP contribution is -2.58. The normalized spacial score (nSPS) is 19.4. The van der Waals surface area contributed by atoms with Crippen LogP contribution in [0.15, 0.2) is 38.7 Å². The first kappa shape index (κ1) is 16.6. The van der Waals surface area contributed by atoms with Crippen LogP contribution >= 0.6 is 0 Å². The Balaban J connectivity index is 1.78. The van der Waals surface area contributed by atoms with Gasteiger partial charge in [0.05, 0.1) is 5.69 Å². The van der Waals surface area contributed by atoms with E-state index in [2.05, 4.69) is 9.98 Å². The number of hydrogen-bond donors (Lipinski definition) is 2. The molecule has 1 saturated carbocycles. The molecule has 0 atom stereocenters. The highest BCUT2D eigenvalue weighted by molar-refractivity contribution is 6.05. The number of aryl methyl sites for hydroxylation is 2. The number of aliphatic imine (C=N–C) groups is 2. The standard InChI is InChI=1S/C19H24N6O/c1-12-13(2)26-16(22-12)14-7-6-8-15(11-14)25-18(21)23-17(20)24-19(25)9-4-3-5-10-19/h6-8,11H,3-5,9-10H2,1-2H3,(H4,20,21,23,24). The Morgan fingerprint density at radius 3 is 2.58 bits per heavy atom. The van der Waals surface area contributed by atoms with Crippen molar-refractivity contribution in [1.82, 2.24) is 4.98 Å². The highest BCUT2D eigenvalue weighted by atomic mass is 16.4. The van der Waals surface area contributed by atoms with Gasteiger partial charge in [-0.25, -0.2) is 9.98 Å². The van der Waals surface area contributed by atoms with Crippen LogP contribution in [0.4, 0.5) is 5.69 Å². The molecule has 1 spiro atoms. The van der Waals surface area contributed by atoms with Gasteiger partial charge in [-0.05, 0) is 57.7 Å². The second-order valence-corrected chi connectivity index (χ2v) is 7.03. The van der Waals surface area contributed by atoms with E-state index in [1.54, 1.807) is 0 Å². The van der Waals surface area contributed by atoms with Crippen molar-refractivity contribution in [2.45, 2.75) is 51.6 Å². The Hall–Kier alpha value is -2.83. The monoisotopic (exact) mass is 352 g/mol. The van der Waals surface area contributed by atoms with Crippen molar-refractivity contribution in [2.75, 3.05) is 4.90 Å². The van der Waals surface area contributed by atoms with E-state index in [9.17, 15) is 0 Å². The molecule has 7 heteroatoms. The fourth-order valence-corrected chi connectivity index (χ4v) is 3.87. The largest absolute Gasteiger partial charge is 0.441 e. The molecule has 136 valence electrons. The van der Waals surface area contributed by atoms with Crippen LogP contribution in [0.1, 0.15) is 43.6 Å². The summed E-state index contributed by atoms with van der Waals surface area (Å²) in [6.07, 6.45) is 5.21. The van der Waals surface area contributed by atoms with Crippen molar-refractivity contribution in [1.29, 1.82) is 0 Å². The Kier molecular flexibility index (Phi) is 3.94. The lowest BCUT2D eigenvalue weighted by atomic mass is 9.87. The van der Waals surface area contributed by atoms with Crippen LogP contribution in [0.2, 0.25) is 0 Å². The molecule has 0 radical (unpaired) electrons. The Bertz CT molecular complexity index is 872. The van der Waals surface area contributed by atoms with Crippen LogP contribution in [0.5, 0.6) is 0 Å². The van der Waals surface area contributed by atoms with Gasteiger partial charge in [-0.2, -0.15) is 4.99 Å². The molecule has 0 amide bonds.